The average molecular weight is 417 g/mol. The Morgan fingerprint density at radius 2 is 1.63 bits per heavy atom. The third-order valence-electron chi connectivity index (χ3n) is 4.85. The second kappa shape index (κ2) is 8.47. The monoisotopic (exact) mass is 416 g/mol. The number of aromatic nitrogens is 1. The summed E-state index contributed by atoms with van der Waals surface area (Å²) in [5.74, 6) is -0.739. The standard InChI is InChI=1S/C24H20N2O3S/c1-16-7-6-10-20-22(16)26(15-21(27)29-2)24(30-20)25-23(28)19-13-11-18(12-14-19)17-8-4-3-5-9-17/h3-14H,15H2,1-2H3. The minimum Gasteiger partial charge on any atom is -0.468 e. The highest BCUT2D eigenvalue weighted by Crippen LogP contribution is 2.22. The van der Waals surface area contributed by atoms with Gasteiger partial charge in [0.25, 0.3) is 5.91 Å². The first-order valence-electron chi connectivity index (χ1n) is 9.47. The normalized spacial score (nSPS) is 11.6. The van der Waals surface area contributed by atoms with Crippen LogP contribution in [-0.2, 0) is 16.1 Å². The number of fused-ring (bicyclic) bond motifs is 1. The van der Waals surface area contributed by atoms with E-state index in [-0.39, 0.29) is 18.4 Å². The topological polar surface area (TPSA) is 60.7 Å². The number of aryl methyl sites for hydroxylation is 1. The van der Waals surface area contributed by atoms with Gasteiger partial charge in [-0.2, -0.15) is 4.99 Å². The van der Waals surface area contributed by atoms with E-state index >= 15 is 0 Å². The highest BCUT2D eigenvalue weighted by molar-refractivity contribution is 7.16. The van der Waals surface area contributed by atoms with Gasteiger partial charge in [-0.25, -0.2) is 0 Å². The van der Waals surface area contributed by atoms with Crippen molar-refractivity contribution in [3.8, 4) is 11.1 Å². The Morgan fingerprint density at radius 3 is 2.33 bits per heavy atom. The van der Waals surface area contributed by atoms with Gasteiger partial charge in [0, 0.05) is 5.56 Å². The summed E-state index contributed by atoms with van der Waals surface area (Å²) >= 11 is 1.38. The molecule has 6 heteroatoms. The number of hydrogen-bond donors (Lipinski definition) is 0. The van der Waals surface area contributed by atoms with E-state index in [1.165, 1.54) is 18.4 Å². The van der Waals surface area contributed by atoms with Crippen molar-refractivity contribution >= 4 is 33.4 Å². The maximum absolute atomic E-state index is 12.8. The van der Waals surface area contributed by atoms with Crippen LogP contribution in [0.15, 0.2) is 77.8 Å². The molecule has 1 amide bonds. The van der Waals surface area contributed by atoms with Crippen molar-refractivity contribution in [2.45, 2.75) is 13.5 Å². The van der Waals surface area contributed by atoms with E-state index in [0.29, 0.717) is 10.4 Å². The number of nitrogens with zero attached hydrogens (tertiary/aromatic N) is 2. The molecule has 5 nitrogen and oxygen atoms in total. The van der Waals surface area contributed by atoms with Crippen LogP contribution in [0.2, 0.25) is 0 Å². The molecule has 0 fully saturated rings. The third-order valence-corrected chi connectivity index (χ3v) is 5.90. The Balaban J connectivity index is 1.73. The van der Waals surface area contributed by atoms with Crippen molar-refractivity contribution < 1.29 is 14.3 Å². The number of carbonyl (C=O) groups is 2. The van der Waals surface area contributed by atoms with Crippen LogP contribution in [0.25, 0.3) is 21.3 Å². The van der Waals surface area contributed by atoms with E-state index in [0.717, 1.165) is 26.9 Å². The minimum atomic E-state index is -0.390. The van der Waals surface area contributed by atoms with Gasteiger partial charge in [0.05, 0.1) is 17.3 Å². The fraction of sp³-hybridized carbons (Fsp3) is 0.125. The number of benzene rings is 3. The molecule has 0 atom stereocenters. The lowest BCUT2D eigenvalue weighted by Gasteiger charge is -2.06. The summed E-state index contributed by atoms with van der Waals surface area (Å²) < 4.78 is 7.54. The number of esters is 1. The third kappa shape index (κ3) is 3.95. The summed E-state index contributed by atoms with van der Waals surface area (Å²) in [6.45, 7) is 1.97. The zero-order chi connectivity index (χ0) is 21.1. The highest BCUT2D eigenvalue weighted by Gasteiger charge is 2.14. The van der Waals surface area contributed by atoms with E-state index in [2.05, 4.69) is 4.99 Å². The van der Waals surface area contributed by atoms with Crippen molar-refractivity contribution in [1.29, 1.82) is 0 Å². The van der Waals surface area contributed by atoms with Crippen molar-refractivity contribution in [2.75, 3.05) is 7.11 Å². The number of thiazole rings is 1. The molecule has 0 aliphatic carbocycles. The molecule has 0 aliphatic heterocycles. The number of para-hydroxylation sites is 1. The lowest BCUT2D eigenvalue weighted by molar-refractivity contribution is -0.141. The van der Waals surface area contributed by atoms with Gasteiger partial charge in [-0.3, -0.25) is 9.59 Å². The predicted molar refractivity (Wildman–Crippen MR) is 118 cm³/mol. The predicted octanol–water partition coefficient (Wildman–Crippen LogP) is 4.59. The number of ether oxygens (including phenoxy) is 1. The van der Waals surface area contributed by atoms with Gasteiger partial charge in [0.2, 0.25) is 0 Å². The van der Waals surface area contributed by atoms with Crippen molar-refractivity contribution in [1.82, 2.24) is 4.57 Å². The zero-order valence-corrected chi connectivity index (χ0v) is 17.5. The molecular weight excluding hydrogens is 396 g/mol. The van der Waals surface area contributed by atoms with E-state index in [9.17, 15) is 9.59 Å². The molecule has 0 unspecified atom stereocenters. The highest BCUT2D eigenvalue weighted by atomic mass is 32.1. The fourth-order valence-corrected chi connectivity index (χ4v) is 4.43. The van der Waals surface area contributed by atoms with E-state index in [4.69, 9.17) is 4.74 Å². The van der Waals surface area contributed by atoms with Crippen LogP contribution in [0.4, 0.5) is 0 Å². The Kier molecular flexibility index (Phi) is 5.59. The van der Waals surface area contributed by atoms with E-state index in [1.54, 1.807) is 16.7 Å². The molecule has 0 radical (unpaired) electrons. The number of amides is 1. The number of hydrogen-bond acceptors (Lipinski definition) is 4. The second-order valence-corrected chi connectivity index (χ2v) is 7.84. The molecule has 4 rings (SSSR count). The van der Waals surface area contributed by atoms with Crippen molar-refractivity contribution in [3.63, 3.8) is 0 Å². The molecule has 0 N–H and O–H groups in total. The smallest absolute Gasteiger partial charge is 0.325 e. The fourth-order valence-electron chi connectivity index (χ4n) is 3.32. The van der Waals surface area contributed by atoms with Crippen LogP contribution in [0.5, 0.6) is 0 Å². The number of methoxy groups -OCH3 is 1. The molecular formula is C24H20N2O3S. The molecule has 0 saturated heterocycles. The van der Waals surface area contributed by atoms with E-state index < -0.39 is 0 Å². The van der Waals surface area contributed by atoms with Gasteiger partial charge in [-0.15, -0.1) is 0 Å². The van der Waals surface area contributed by atoms with Crippen LogP contribution < -0.4 is 4.80 Å². The maximum Gasteiger partial charge on any atom is 0.325 e. The first-order valence-corrected chi connectivity index (χ1v) is 10.3. The van der Waals surface area contributed by atoms with Crippen molar-refractivity contribution in [3.05, 3.63) is 88.7 Å². The Morgan fingerprint density at radius 1 is 0.933 bits per heavy atom. The van der Waals surface area contributed by atoms with Gasteiger partial charge in [-0.1, -0.05) is 65.9 Å². The van der Waals surface area contributed by atoms with Crippen LogP contribution in [0, 0.1) is 6.92 Å². The number of carbonyl (C=O) groups excluding carboxylic acids is 2. The number of rotatable bonds is 4. The van der Waals surface area contributed by atoms with Crippen LogP contribution >= 0.6 is 11.3 Å². The lowest BCUT2D eigenvalue weighted by atomic mass is 10.0. The molecule has 1 heterocycles. The van der Waals surface area contributed by atoms with Gasteiger partial charge in [-0.05, 0) is 41.8 Å². The first-order chi connectivity index (χ1) is 14.6. The van der Waals surface area contributed by atoms with Crippen molar-refractivity contribution in [2.24, 2.45) is 4.99 Å². The summed E-state index contributed by atoms with van der Waals surface area (Å²) in [5.41, 5.74) is 4.51. The summed E-state index contributed by atoms with van der Waals surface area (Å²) in [7, 11) is 1.35. The molecule has 3 aromatic carbocycles. The maximum atomic E-state index is 12.8. The van der Waals surface area contributed by atoms with E-state index in [1.807, 2.05) is 67.6 Å². The molecule has 0 saturated carbocycles. The molecule has 4 aromatic rings. The minimum absolute atomic E-state index is 0.000408. The lowest BCUT2D eigenvalue weighted by Crippen LogP contribution is -2.22. The summed E-state index contributed by atoms with van der Waals surface area (Å²) in [4.78, 5) is 29.6. The summed E-state index contributed by atoms with van der Waals surface area (Å²) in [6.07, 6.45) is 0. The zero-order valence-electron chi connectivity index (χ0n) is 16.7. The van der Waals surface area contributed by atoms with Gasteiger partial charge in [0.1, 0.15) is 6.54 Å². The summed E-state index contributed by atoms with van der Waals surface area (Å²) in [6, 6.07) is 23.2. The summed E-state index contributed by atoms with van der Waals surface area (Å²) in [5, 5.41) is 0. The average Bonchev–Trinajstić information content (AvgIpc) is 3.12. The molecule has 30 heavy (non-hydrogen) atoms. The SMILES string of the molecule is COC(=O)Cn1c(=NC(=O)c2ccc(-c3ccccc3)cc2)sc2cccc(C)c21. The molecule has 0 aliphatic rings. The Labute approximate surface area is 177 Å². The second-order valence-electron chi connectivity index (χ2n) is 6.83. The molecule has 0 spiro atoms. The molecule has 150 valence electrons. The Bertz CT molecular complexity index is 1290. The van der Waals surface area contributed by atoms with Gasteiger partial charge < -0.3 is 9.30 Å². The Hall–Kier alpha value is -3.51. The molecule has 0 bridgehead atoms. The van der Waals surface area contributed by atoms with Crippen LogP contribution in [0.3, 0.4) is 0 Å². The van der Waals surface area contributed by atoms with Crippen LogP contribution in [0.1, 0.15) is 15.9 Å². The quantitative estimate of drug-likeness (QED) is 0.457. The van der Waals surface area contributed by atoms with Crippen LogP contribution in [-0.4, -0.2) is 23.6 Å². The van der Waals surface area contributed by atoms with Gasteiger partial charge in [0.15, 0.2) is 4.80 Å². The van der Waals surface area contributed by atoms with Gasteiger partial charge >= 0.3 is 5.97 Å². The largest absolute Gasteiger partial charge is 0.468 e. The first kappa shape index (κ1) is 19.8. The molecule has 1 aromatic heterocycles.